The molecule has 0 radical (unpaired) electrons. The normalized spacial score (nSPS) is 30.9. The second kappa shape index (κ2) is 4.73. The standard InChI is InChI=1S/C8H15BN2O3S/c12-8(6-4-15-5-10-6)11-3-1-2-7(11)9(13)14/h6-7,10,13-14H,1-5H2. The number of carbonyl (C=O) groups excluding carboxylic acids is 1. The second-order valence-corrected chi connectivity index (χ2v) is 4.96. The molecule has 0 saturated carbocycles. The van der Waals surface area contributed by atoms with E-state index in [2.05, 4.69) is 5.32 Å². The average molecular weight is 230 g/mol. The number of hydrogen-bond acceptors (Lipinski definition) is 5. The van der Waals surface area contributed by atoms with Gasteiger partial charge in [-0.15, -0.1) is 11.8 Å². The van der Waals surface area contributed by atoms with E-state index < -0.39 is 13.1 Å². The molecule has 2 rings (SSSR count). The quantitative estimate of drug-likeness (QED) is 0.512. The van der Waals surface area contributed by atoms with E-state index in [-0.39, 0.29) is 11.9 Å². The van der Waals surface area contributed by atoms with Crippen molar-refractivity contribution in [2.45, 2.75) is 24.8 Å². The lowest BCUT2D eigenvalue weighted by atomic mass is 9.78. The number of likely N-dealkylation sites (tertiary alicyclic amines) is 1. The molecule has 2 saturated heterocycles. The predicted molar refractivity (Wildman–Crippen MR) is 59.2 cm³/mol. The van der Waals surface area contributed by atoms with Crippen LogP contribution in [-0.2, 0) is 4.79 Å². The molecule has 2 fully saturated rings. The first-order valence-corrected chi connectivity index (χ1v) is 6.33. The molecule has 15 heavy (non-hydrogen) atoms. The molecule has 0 bridgehead atoms. The molecule has 2 heterocycles. The molecule has 2 unspecified atom stereocenters. The zero-order valence-electron chi connectivity index (χ0n) is 8.43. The van der Waals surface area contributed by atoms with Gasteiger partial charge in [0, 0.05) is 18.2 Å². The Morgan fingerprint density at radius 3 is 2.93 bits per heavy atom. The fourth-order valence-electron chi connectivity index (χ4n) is 2.13. The van der Waals surface area contributed by atoms with Crippen molar-refractivity contribution in [3.05, 3.63) is 0 Å². The molecule has 1 amide bonds. The highest BCUT2D eigenvalue weighted by Crippen LogP contribution is 2.21. The lowest BCUT2D eigenvalue weighted by molar-refractivity contribution is -0.132. The molecule has 5 nitrogen and oxygen atoms in total. The highest BCUT2D eigenvalue weighted by atomic mass is 32.2. The topological polar surface area (TPSA) is 72.8 Å². The Bertz CT molecular complexity index is 248. The number of amides is 1. The highest BCUT2D eigenvalue weighted by molar-refractivity contribution is 7.99. The molecule has 0 aromatic heterocycles. The Morgan fingerprint density at radius 2 is 2.33 bits per heavy atom. The van der Waals surface area contributed by atoms with Gasteiger partial charge in [0.05, 0.1) is 12.0 Å². The van der Waals surface area contributed by atoms with Gasteiger partial charge in [-0.3, -0.25) is 10.1 Å². The van der Waals surface area contributed by atoms with E-state index in [1.54, 1.807) is 16.7 Å². The number of hydrogen-bond donors (Lipinski definition) is 3. The van der Waals surface area contributed by atoms with Crippen molar-refractivity contribution in [2.75, 3.05) is 18.2 Å². The highest BCUT2D eigenvalue weighted by Gasteiger charge is 2.39. The van der Waals surface area contributed by atoms with E-state index in [9.17, 15) is 4.79 Å². The number of carbonyl (C=O) groups is 1. The van der Waals surface area contributed by atoms with E-state index in [0.29, 0.717) is 13.0 Å². The molecular weight excluding hydrogens is 215 g/mol. The third-order valence-electron chi connectivity index (χ3n) is 2.94. The summed E-state index contributed by atoms with van der Waals surface area (Å²) in [6.07, 6.45) is 1.54. The van der Waals surface area contributed by atoms with Gasteiger partial charge in [0.25, 0.3) is 0 Å². The van der Waals surface area contributed by atoms with Gasteiger partial charge in [-0.25, -0.2) is 0 Å². The van der Waals surface area contributed by atoms with Crippen molar-refractivity contribution in [1.29, 1.82) is 0 Å². The first-order valence-electron chi connectivity index (χ1n) is 5.18. The lowest BCUT2D eigenvalue weighted by Gasteiger charge is -2.26. The summed E-state index contributed by atoms with van der Waals surface area (Å²) in [5.41, 5.74) is 0. The fraction of sp³-hybridized carbons (Fsp3) is 0.875. The van der Waals surface area contributed by atoms with Crippen LogP contribution in [0.1, 0.15) is 12.8 Å². The van der Waals surface area contributed by atoms with Crippen LogP contribution in [0.25, 0.3) is 0 Å². The van der Waals surface area contributed by atoms with Crippen LogP contribution >= 0.6 is 11.8 Å². The maximum atomic E-state index is 12.0. The van der Waals surface area contributed by atoms with Crippen LogP contribution in [0.3, 0.4) is 0 Å². The summed E-state index contributed by atoms with van der Waals surface area (Å²) in [5, 5.41) is 21.4. The van der Waals surface area contributed by atoms with Gasteiger partial charge in [0.1, 0.15) is 0 Å². The molecule has 2 atom stereocenters. The van der Waals surface area contributed by atoms with Crippen molar-refractivity contribution in [3.63, 3.8) is 0 Å². The molecular formula is C8H15BN2O3S. The van der Waals surface area contributed by atoms with Gasteiger partial charge in [-0.2, -0.15) is 0 Å². The summed E-state index contributed by atoms with van der Waals surface area (Å²) >= 11 is 1.70. The number of nitrogens with one attached hydrogen (secondary N) is 1. The summed E-state index contributed by atoms with van der Waals surface area (Å²) in [5.74, 6) is 1.18. The van der Waals surface area contributed by atoms with Crippen molar-refractivity contribution in [3.8, 4) is 0 Å². The van der Waals surface area contributed by atoms with Crippen LogP contribution in [0.5, 0.6) is 0 Å². The van der Waals surface area contributed by atoms with E-state index in [1.165, 1.54) is 0 Å². The minimum Gasteiger partial charge on any atom is -0.426 e. The average Bonchev–Trinajstić information content (AvgIpc) is 2.88. The summed E-state index contributed by atoms with van der Waals surface area (Å²) in [6, 6.07) is -0.144. The summed E-state index contributed by atoms with van der Waals surface area (Å²) in [7, 11) is -1.41. The maximum Gasteiger partial charge on any atom is 0.475 e. The van der Waals surface area contributed by atoms with E-state index in [1.807, 2.05) is 0 Å². The Morgan fingerprint density at radius 1 is 1.53 bits per heavy atom. The zero-order valence-corrected chi connectivity index (χ0v) is 9.24. The summed E-state index contributed by atoms with van der Waals surface area (Å²) in [4.78, 5) is 13.6. The van der Waals surface area contributed by atoms with Crippen LogP contribution in [-0.4, -0.2) is 58.1 Å². The van der Waals surface area contributed by atoms with Crippen LogP contribution in [0.15, 0.2) is 0 Å². The van der Waals surface area contributed by atoms with Crippen molar-refractivity contribution >= 4 is 24.8 Å². The second-order valence-electron chi connectivity index (χ2n) is 3.93. The van der Waals surface area contributed by atoms with Crippen molar-refractivity contribution in [1.82, 2.24) is 10.2 Å². The van der Waals surface area contributed by atoms with E-state index >= 15 is 0 Å². The van der Waals surface area contributed by atoms with Crippen LogP contribution in [0.4, 0.5) is 0 Å². The van der Waals surface area contributed by atoms with Crippen LogP contribution in [0, 0.1) is 0 Å². The molecule has 0 spiro atoms. The Labute approximate surface area is 93.4 Å². The SMILES string of the molecule is O=C(C1CSCN1)N1CCCC1B(O)O. The molecule has 84 valence electrons. The monoisotopic (exact) mass is 230 g/mol. The smallest absolute Gasteiger partial charge is 0.426 e. The van der Waals surface area contributed by atoms with Crippen LogP contribution < -0.4 is 5.32 Å². The molecule has 0 aromatic carbocycles. The van der Waals surface area contributed by atoms with E-state index in [0.717, 1.165) is 18.1 Å². The third-order valence-corrected chi connectivity index (χ3v) is 3.88. The molecule has 3 N–H and O–H groups in total. The number of nitrogens with zero attached hydrogens (tertiary/aromatic N) is 1. The van der Waals surface area contributed by atoms with Gasteiger partial charge < -0.3 is 14.9 Å². The maximum absolute atomic E-state index is 12.0. The van der Waals surface area contributed by atoms with Gasteiger partial charge in [0.15, 0.2) is 0 Å². The zero-order chi connectivity index (χ0) is 10.8. The Balaban J connectivity index is 1.99. The van der Waals surface area contributed by atoms with Crippen molar-refractivity contribution in [2.24, 2.45) is 0 Å². The molecule has 2 aliphatic rings. The molecule has 2 aliphatic heterocycles. The number of thioether (sulfide) groups is 1. The first-order chi connectivity index (χ1) is 7.20. The first kappa shape index (κ1) is 11.3. The lowest BCUT2D eigenvalue weighted by Crippen LogP contribution is -2.51. The minimum atomic E-state index is -1.41. The molecule has 0 aromatic rings. The Hall–Kier alpha value is -0.235. The van der Waals surface area contributed by atoms with Crippen LogP contribution in [0.2, 0.25) is 0 Å². The summed E-state index contributed by atoms with van der Waals surface area (Å²) in [6.45, 7) is 0.643. The predicted octanol–water partition coefficient (Wildman–Crippen LogP) is -1.35. The van der Waals surface area contributed by atoms with Gasteiger partial charge >= 0.3 is 7.12 Å². The largest absolute Gasteiger partial charge is 0.475 e. The number of rotatable bonds is 2. The Kier molecular flexibility index (Phi) is 3.55. The fourth-order valence-corrected chi connectivity index (χ4v) is 3.06. The van der Waals surface area contributed by atoms with E-state index in [4.69, 9.17) is 10.0 Å². The molecule has 0 aliphatic carbocycles. The van der Waals surface area contributed by atoms with Gasteiger partial charge in [0.2, 0.25) is 5.91 Å². The van der Waals surface area contributed by atoms with Crippen molar-refractivity contribution < 1.29 is 14.8 Å². The minimum absolute atomic E-state index is 0.00981. The molecule has 7 heteroatoms. The summed E-state index contributed by atoms with van der Waals surface area (Å²) < 4.78 is 0. The van der Waals surface area contributed by atoms with Gasteiger partial charge in [-0.05, 0) is 12.8 Å². The third kappa shape index (κ3) is 2.30. The van der Waals surface area contributed by atoms with Gasteiger partial charge in [-0.1, -0.05) is 0 Å².